The molecular formula is C18H20FNO. The topological polar surface area (TPSA) is 21.3 Å². The molecule has 1 aliphatic heterocycles. The Kier molecular flexibility index (Phi) is 4.09. The molecule has 0 spiro atoms. The molecule has 1 aliphatic rings. The van der Waals surface area contributed by atoms with Crippen LogP contribution in [0.25, 0.3) is 0 Å². The van der Waals surface area contributed by atoms with Crippen molar-refractivity contribution < 1.29 is 9.13 Å². The molecule has 1 N–H and O–H groups in total. The van der Waals surface area contributed by atoms with E-state index in [9.17, 15) is 4.39 Å². The predicted octanol–water partition coefficient (Wildman–Crippen LogP) is 3.98. The lowest BCUT2D eigenvalue weighted by molar-refractivity contribution is 0.384. The van der Waals surface area contributed by atoms with Crippen molar-refractivity contribution in [3.63, 3.8) is 0 Å². The molecule has 0 unspecified atom stereocenters. The summed E-state index contributed by atoms with van der Waals surface area (Å²) in [6.45, 7) is 1.06. The fourth-order valence-electron chi connectivity index (χ4n) is 2.87. The molecule has 2 aromatic carbocycles. The highest BCUT2D eigenvalue weighted by Crippen LogP contribution is 2.25. The van der Waals surface area contributed by atoms with E-state index in [-0.39, 0.29) is 5.82 Å². The molecule has 0 saturated heterocycles. The van der Waals surface area contributed by atoms with Crippen molar-refractivity contribution in [3.8, 4) is 5.75 Å². The van der Waals surface area contributed by atoms with E-state index in [0.717, 1.165) is 19.4 Å². The van der Waals surface area contributed by atoms with E-state index >= 15 is 0 Å². The van der Waals surface area contributed by atoms with Crippen LogP contribution in [0.1, 0.15) is 23.1 Å². The fourth-order valence-corrected chi connectivity index (χ4v) is 2.87. The monoisotopic (exact) mass is 285 g/mol. The van der Waals surface area contributed by atoms with Gasteiger partial charge in [-0.15, -0.1) is 0 Å². The minimum atomic E-state index is -0.236. The Morgan fingerprint density at radius 3 is 2.95 bits per heavy atom. The Bertz CT molecular complexity index is 639. The minimum absolute atomic E-state index is 0.236. The Labute approximate surface area is 125 Å². The summed E-state index contributed by atoms with van der Waals surface area (Å²) < 4.78 is 19.1. The van der Waals surface area contributed by atoms with E-state index < -0.39 is 0 Å². The van der Waals surface area contributed by atoms with Crippen LogP contribution in [0.4, 0.5) is 10.1 Å². The van der Waals surface area contributed by atoms with Crippen molar-refractivity contribution in [2.45, 2.75) is 25.7 Å². The van der Waals surface area contributed by atoms with Gasteiger partial charge in [0.15, 0.2) is 11.6 Å². The second-order valence-electron chi connectivity index (χ2n) is 5.46. The molecule has 0 aliphatic carbocycles. The van der Waals surface area contributed by atoms with Gasteiger partial charge in [-0.2, -0.15) is 0 Å². The first-order valence-corrected chi connectivity index (χ1v) is 7.45. The van der Waals surface area contributed by atoms with E-state index in [4.69, 9.17) is 4.74 Å². The molecule has 21 heavy (non-hydrogen) atoms. The van der Waals surface area contributed by atoms with Crippen LogP contribution in [0.5, 0.6) is 5.75 Å². The third kappa shape index (κ3) is 3.02. The van der Waals surface area contributed by atoms with Gasteiger partial charge in [0.2, 0.25) is 0 Å². The molecule has 0 radical (unpaired) electrons. The summed E-state index contributed by atoms with van der Waals surface area (Å²) in [6.07, 6.45) is 3.84. The van der Waals surface area contributed by atoms with E-state index in [2.05, 4.69) is 23.5 Å². The van der Waals surface area contributed by atoms with Gasteiger partial charge in [0.1, 0.15) is 0 Å². The molecule has 0 saturated carbocycles. The predicted molar refractivity (Wildman–Crippen MR) is 83.6 cm³/mol. The van der Waals surface area contributed by atoms with E-state index in [0.29, 0.717) is 17.7 Å². The highest BCUT2D eigenvalue weighted by molar-refractivity contribution is 5.54. The van der Waals surface area contributed by atoms with Gasteiger partial charge in [0.25, 0.3) is 0 Å². The zero-order valence-corrected chi connectivity index (χ0v) is 12.3. The van der Waals surface area contributed by atoms with Crippen molar-refractivity contribution in [2.24, 2.45) is 0 Å². The fraction of sp³-hybridized carbons (Fsp3) is 0.333. The summed E-state index contributed by atoms with van der Waals surface area (Å²) >= 11 is 0. The Hall–Kier alpha value is -2.03. The zero-order chi connectivity index (χ0) is 14.7. The quantitative estimate of drug-likeness (QED) is 0.917. The van der Waals surface area contributed by atoms with Crippen LogP contribution in [-0.2, 0) is 19.3 Å². The summed E-state index contributed by atoms with van der Waals surface area (Å²) in [5.74, 6) is 0.0850. The zero-order valence-electron chi connectivity index (χ0n) is 12.3. The molecule has 0 atom stereocenters. The number of hydrogen-bond acceptors (Lipinski definition) is 2. The lowest BCUT2D eigenvalue weighted by Gasteiger charge is -2.18. The molecule has 2 nitrogen and oxygen atoms in total. The Balaban J connectivity index is 1.73. The lowest BCUT2D eigenvalue weighted by atomic mass is 9.97. The number of rotatable bonds is 4. The van der Waals surface area contributed by atoms with Crippen LogP contribution < -0.4 is 10.1 Å². The lowest BCUT2D eigenvalue weighted by Crippen LogP contribution is -2.11. The van der Waals surface area contributed by atoms with Gasteiger partial charge in [-0.1, -0.05) is 24.3 Å². The summed E-state index contributed by atoms with van der Waals surface area (Å²) in [7, 11) is 1.50. The van der Waals surface area contributed by atoms with Crippen molar-refractivity contribution in [2.75, 3.05) is 19.0 Å². The highest BCUT2D eigenvalue weighted by atomic mass is 19.1. The summed E-state index contributed by atoms with van der Waals surface area (Å²) in [5.41, 5.74) is 4.60. The van der Waals surface area contributed by atoms with Crippen LogP contribution in [0.2, 0.25) is 0 Å². The first kappa shape index (κ1) is 13.9. The molecule has 110 valence electrons. The van der Waals surface area contributed by atoms with Gasteiger partial charge in [-0.3, -0.25) is 0 Å². The summed E-state index contributed by atoms with van der Waals surface area (Å²) in [4.78, 5) is 0. The van der Waals surface area contributed by atoms with Crippen molar-refractivity contribution in [3.05, 3.63) is 58.9 Å². The molecule has 0 fully saturated rings. The Morgan fingerprint density at radius 2 is 2.10 bits per heavy atom. The van der Waals surface area contributed by atoms with E-state index in [1.54, 1.807) is 6.07 Å². The highest BCUT2D eigenvalue weighted by Gasteiger charge is 2.11. The average Bonchev–Trinajstić information content (AvgIpc) is 2.54. The van der Waals surface area contributed by atoms with Gasteiger partial charge in [-0.25, -0.2) is 4.39 Å². The van der Waals surface area contributed by atoms with Crippen molar-refractivity contribution in [1.29, 1.82) is 0 Å². The summed E-state index contributed by atoms with van der Waals surface area (Å²) in [5, 5.41) is 3.41. The average molecular weight is 285 g/mol. The first-order valence-electron chi connectivity index (χ1n) is 7.45. The molecule has 0 aromatic heterocycles. The van der Waals surface area contributed by atoms with Crippen molar-refractivity contribution >= 4 is 5.69 Å². The molecule has 0 amide bonds. The number of methoxy groups -OCH3 is 1. The van der Waals surface area contributed by atoms with Crippen LogP contribution in [0, 0.1) is 5.82 Å². The molecular weight excluding hydrogens is 265 g/mol. The van der Waals surface area contributed by atoms with Crippen LogP contribution in [-0.4, -0.2) is 13.7 Å². The van der Waals surface area contributed by atoms with E-state index in [1.165, 1.54) is 30.3 Å². The standard InChI is InChI=1S/C18H20FNO/c1-21-17-6-2-4-14(18(17)19)9-7-13-8-10-16-15(12-13)5-3-11-20-16/h2,4,6,8,10,12,20H,3,5,7,9,11H2,1H3. The number of ether oxygens (including phenoxy) is 1. The third-order valence-electron chi connectivity index (χ3n) is 4.05. The smallest absolute Gasteiger partial charge is 0.168 e. The van der Waals surface area contributed by atoms with Crippen LogP contribution in [0.15, 0.2) is 36.4 Å². The Morgan fingerprint density at radius 1 is 1.19 bits per heavy atom. The van der Waals surface area contributed by atoms with Crippen LogP contribution >= 0.6 is 0 Å². The van der Waals surface area contributed by atoms with Gasteiger partial charge in [0, 0.05) is 12.2 Å². The second-order valence-corrected chi connectivity index (χ2v) is 5.46. The molecule has 1 heterocycles. The molecule has 0 bridgehead atoms. The maximum absolute atomic E-state index is 14.1. The molecule has 2 aromatic rings. The van der Waals surface area contributed by atoms with Crippen LogP contribution in [0.3, 0.4) is 0 Å². The van der Waals surface area contributed by atoms with Gasteiger partial charge < -0.3 is 10.1 Å². The number of fused-ring (bicyclic) bond motifs is 1. The minimum Gasteiger partial charge on any atom is -0.494 e. The number of benzene rings is 2. The van der Waals surface area contributed by atoms with Gasteiger partial charge in [0.05, 0.1) is 7.11 Å². The van der Waals surface area contributed by atoms with Gasteiger partial charge in [-0.05, 0) is 54.5 Å². The SMILES string of the molecule is COc1cccc(CCc2ccc3c(c2)CCCN3)c1F. The maximum Gasteiger partial charge on any atom is 0.168 e. The number of anilines is 1. The number of hydrogen-bond donors (Lipinski definition) is 1. The molecule has 3 rings (SSSR count). The second kappa shape index (κ2) is 6.17. The molecule has 3 heteroatoms. The number of aryl methyl sites for hydroxylation is 3. The maximum atomic E-state index is 14.1. The number of nitrogens with one attached hydrogen (secondary N) is 1. The largest absolute Gasteiger partial charge is 0.494 e. The third-order valence-corrected chi connectivity index (χ3v) is 4.05. The summed E-state index contributed by atoms with van der Waals surface area (Å²) in [6, 6.07) is 11.9. The van der Waals surface area contributed by atoms with Crippen molar-refractivity contribution in [1.82, 2.24) is 0 Å². The van der Waals surface area contributed by atoms with E-state index in [1.807, 2.05) is 12.1 Å². The number of halogens is 1. The normalized spacial score (nSPS) is 13.4. The first-order chi connectivity index (χ1) is 10.3. The van der Waals surface area contributed by atoms with Gasteiger partial charge >= 0.3 is 0 Å².